The molecule has 0 saturated carbocycles. The lowest BCUT2D eigenvalue weighted by atomic mass is 9.99. The number of anilines is 1. The van der Waals surface area contributed by atoms with Crippen molar-refractivity contribution in [2.75, 3.05) is 5.73 Å². The third-order valence-corrected chi connectivity index (χ3v) is 4.24. The van der Waals surface area contributed by atoms with Crippen molar-refractivity contribution < 1.29 is 21.5 Å². The number of fused-ring (bicyclic) bond motifs is 3. The van der Waals surface area contributed by atoms with E-state index >= 15 is 0 Å². The maximum atomic E-state index is 6.06. The number of nitrogens with zero attached hydrogens (tertiary/aromatic N) is 1. The number of hydrogen-bond acceptors (Lipinski definition) is 1. The van der Waals surface area contributed by atoms with Crippen LogP contribution in [0.15, 0.2) is 72.8 Å². The largest absolute Gasteiger partial charge is 1.00 e. The van der Waals surface area contributed by atoms with Crippen LogP contribution in [0.3, 0.4) is 0 Å². The first-order valence-corrected chi connectivity index (χ1v) is 7.41. The topological polar surface area (TPSA) is 29.9 Å². The number of nitrogens with two attached hydrogens (primary N) is 1. The number of para-hydroxylation sites is 1. The zero-order valence-electron chi connectivity index (χ0n) is 12.8. The van der Waals surface area contributed by atoms with Gasteiger partial charge in [-0.3, -0.25) is 0 Å². The van der Waals surface area contributed by atoms with Crippen LogP contribution in [0.4, 0.5) is 5.69 Å². The van der Waals surface area contributed by atoms with E-state index in [4.69, 9.17) is 5.73 Å². The average molecular weight is 365 g/mol. The van der Waals surface area contributed by atoms with E-state index in [9.17, 15) is 0 Å². The van der Waals surface area contributed by atoms with Crippen LogP contribution in [0.2, 0.25) is 0 Å². The summed E-state index contributed by atoms with van der Waals surface area (Å²) in [5.74, 6) is 0. The summed E-state index contributed by atoms with van der Waals surface area (Å²) in [6.07, 6.45) is 0. The average Bonchev–Trinajstić information content (AvgIpc) is 2.56. The first-order chi connectivity index (χ1) is 10.8. The van der Waals surface area contributed by atoms with E-state index in [0.29, 0.717) is 0 Å². The van der Waals surface area contributed by atoms with Gasteiger partial charge in [0, 0.05) is 22.7 Å². The first-order valence-electron chi connectivity index (χ1n) is 7.41. The Kier molecular flexibility index (Phi) is 4.05. The minimum Gasteiger partial charge on any atom is -1.00 e. The number of halogens is 1. The van der Waals surface area contributed by atoms with Gasteiger partial charge >= 0.3 is 0 Å². The highest BCUT2D eigenvalue weighted by Gasteiger charge is 2.19. The van der Waals surface area contributed by atoms with Crippen molar-refractivity contribution >= 4 is 27.4 Å². The van der Waals surface area contributed by atoms with E-state index in [1.165, 1.54) is 32.9 Å². The second-order valence-electron chi connectivity index (χ2n) is 5.60. The lowest BCUT2D eigenvalue weighted by Gasteiger charge is -2.10. The quantitative estimate of drug-likeness (QED) is 0.305. The third kappa shape index (κ3) is 2.47. The molecule has 114 valence electrons. The maximum absolute atomic E-state index is 6.06. The summed E-state index contributed by atoms with van der Waals surface area (Å²) in [5, 5.41) is 3.67. The molecule has 0 amide bonds. The predicted molar refractivity (Wildman–Crippen MR) is 92.5 cm³/mol. The number of aromatic nitrogens is 1. The van der Waals surface area contributed by atoms with Gasteiger partial charge in [0.25, 0.3) is 0 Å². The van der Waals surface area contributed by atoms with E-state index in [1.807, 2.05) is 12.1 Å². The number of rotatable bonds is 1. The molecule has 4 rings (SSSR count). The number of hydrogen-bond donors (Lipinski definition) is 1. The van der Waals surface area contributed by atoms with Crippen molar-refractivity contribution in [3.05, 3.63) is 72.8 Å². The van der Waals surface area contributed by atoms with Gasteiger partial charge in [-0.2, -0.15) is 4.57 Å². The van der Waals surface area contributed by atoms with E-state index in [1.54, 1.807) is 0 Å². The normalized spacial score (nSPS) is 10.7. The highest BCUT2D eigenvalue weighted by molar-refractivity contribution is 6.09. The van der Waals surface area contributed by atoms with Crippen LogP contribution in [0.25, 0.3) is 32.9 Å². The van der Waals surface area contributed by atoms with Crippen LogP contribution in [-0.2, 0) is 7.05 Å². The lowest BCUT2D eigenvalue weighted by molar-refractivity contribution is -0.632. The Bertz CT molecular complexity index is 994. The van der Waals surface area contributed by atoms with Crippen LogP contribution in [0, 0.1) is 0 Å². The Balaban J connectivity index is 0.00000156. The fourth-order valence-electron chi connectivity index (χ4n) is 3.23. The summed E-state index contributed by atoms with van der Waals surface area (Å²) in [4.78, 5) is 0. The zero-order valence-corrected chi connectivity index (χ0v) is 14.4. The SMILES string of the molecule is C[n+]1c(-c2ccccc2)c2cc(N)ccc2c2ccccc21.[Br-]. The molecule has 2 nitrogen and oxygen atoms in total. The second kappa shape index (κ2) is 6.01. The molecule has 2 N–H and O–H groups in total. The molecule has 1 aromatic heterocycles. The van der Waals surface area contributed by atoms with Crippen molar-refractivity contribution in [2.45, 2.75) is 0 Å². The van der Waals surface area contributed by atoms with Gasteiger partial charge in [-0.05, 0) is 30.3 Å². The van der Waals surface area contributed by atoms with Gasteiger partial charge in [0.05, 0.1) is 10.8 Å². The molecule has 0 spiro atoms. The van der Waals surface area contributed by atoms with Gasteiger partial charge in [-0.1, -0.05) is 36.4 Å². The van der Waals surface area contributed by atoms with Crippen LogP contribution >= 0.6 is 0 Å². The Morgan fingerprint density at radius 1 is 0.739 bits per heavy atom. The molecular formula is C20H17BrN2. The molecule has 0 aliphatic heterocycles. The molecule has 3 heteroatoms. The van der Waals surface area contributed by atoms with E-state index < -0.39 is 0 Å². The standard InChI is InChI=1S/C20H17N2.BrH/c1-22-19-10-6-5-9-17(19)16-12-11-15(21)13-18(16)20(22)14-7-3-2-4-8-14;/h2-13H,21H2,1H3;1H/q+1;/p-1. The van der Waals surface area contributed by atoms with Gasteiger partial charge in [0.15, 0.2) is 0 Å². The van der Waals surface area contributed by atoms with Crippen LogP contribution in [0.1, 0.15) is 0 Å². The Morgan fingerprint density at radius 3 is 2.22 bits per heavy atom. The minimum absolute atomic E-state index is 0. The smallest absolute Gasteiger partial charge is 0.220 e. The van der Waals surface area contributed by atoms with Crippen molar-refractivity contribution in [1.29, 1.82) is 0 Å². The molecule has 0 aliphatic carbocycles. The fourth-order valence-corrected chi connectivity index (χ4v) is 3.23. The van der Waals surface area contributed by atoms with E-state index in [0.717, 1.165) is 5.69 Å². The summed E-state index contributed by atoms with van der Waals surface area (Å²) < 4.78 is 2.26. The van der Waals surface area contributed by atoms with E-state index in [2.05, 4.69) is 72.3 Å². The maximum Gasteiger partial charge on any atom is 0.220 e. The Hall–Kier alpha value is -2.39. The molecule has 1 heterocycles. The molecule has 0 saturated heterocycles. The Labute approximate surface area is 145 Å². The monoisotopic (exact) mass is 364 g/mol. The number of nitrogen functional groups attached to an aromatic ring is 1. The molecule has 0 unspecified atom stereocenters. The molecule has 4 aromatic rings. The second-order valence-corrected chi connectivity index (χ2v) is 5.60. The predicted octanol–water partition coefficient (Wildman–Crippen LogP) is 1.07. The molecule has 0 aliphatic rings. The summed E-state index contributed by atoms with van der Waals surface area (Å²) in [5.41, 5.74) is 10.5. The van der Waals surface area contributed by atoms with Gasteiger partial charge < -0.3 is 22.7 Å². The van der Waals surface area contributed by atoms with Crippen LogP contribution in [-0.4, -0.2) is 0 Å². The zero-order chi connectivity index (χ0) is 15.1. The fraction of sp³-hybridized carbons (Fsp3) is 0.0500. The summed E-state index contributed by atoms with van der Waals surface area (Å²) in [7, 11) is 2.12. The number of aryl methyl sites for hydroxylation is 1. The molecule has 0 bridgehead atoms. The molecule has 3 aromatic carbocycles. The van der Waals surface area contributed by atoms with Gasteiger partial charge in [0.2, 0.25) is 11.2 Å². The molecule has 0 radical (unpaired) electrons. The van der Waals surface area contributed by atoms with Crippen molar-refractivity contribution in [3.8, 4) is 11.3 Å². The summed E-state index contributed by atoms with van der Waals surface area (Å²) in [6.45, 7) is 0. The molecule has 0 atom stereocenters. The van der Waals surface area contributed by atoms with Crippen molar-refractivity contribution in [3.63, 3.8) is 0 Å². The molecule has 0 fully saturated rings. The lowest BCUT2D eigenvalue weighted by Crippen LogP contribution is -3.00. The summed E-state index contributed by atoms with van der Waals surface area (Å²) >= 11 is 0. The molecular weight excluding hydrogens is 348 g/mol. The van der Waals surface area contributed by atoms with Crippen molar-refractivity contribution in [2.24, 2.45) is 7.05 Å². The highest BCUT2D eigenvalue weighted by Crippen LogP contribution is 2.31. The first kappa shape index (κ1) is 15.5. The van der Waals surface area contributed by atoms with Crippen molar-refractivity contribution in [1.82, 2.24) is 0 Å². The highest BCUT2D eigenvalue weighted by atomic mass is 79.9. The van der Waals surface area contributed by atoms with Crippen LogP contribution in [0.5, 0.6) is 0 Å². The minimum atomic E-state index is 0. The van der Waals surface area contributed by atoms with Gasteiger partial charge in [-0.15, -0.1) is 0 Å². The number of benzene rings is 3. The van der Waals surface area contributed by atoms with Gasteiger partial charge in [0.1, 0.15) is 7.05 Å². The molecule has 23 heavy (non-hydrogen) atoms. The van der Waals surface area contributed by atoms with Crippen LogP contribution < -0.4 is 27.3 Å². The third-order valence-electron chi connectivity index (χ3n) is 4.24. The Morgan fingerprint density at radius 2 is 1.43 bits per heavy atom. The van der Waals surface area contributed by atoms with E-state index in [-0.39, 0.29) is 17.0 Å². The number of pyridine rings is 1. The van der Waals surface area contributed by atoms with Gasteiger partial charge in [-0.25, -0.2) is 0 Å². The summed E-state index contributed by atoms with van der Waals surface area (Å²) in [6, 6.07) is 25.2.